The van der Waals surface area contributed by atoms with Gasteiger partial charge in [0.1, 0.15) is 23.8 Å². The molecular weight excluding hydrogens is 340 g/mol. The Morgan fingerprint density at radius 1 is 0.926 bits per heavy atom. The third kappa shape index (κ3) is 4.59. The van der Waals surface area contributed by atoms with Gasteiger partial charge in [0.2, 0.25) is 0 Å². The summed E-state index contributed by atoms with van der Waals surface area (Å²) in [5.41, 5.74) is 2.15. The molecule has 0 aliphatic carbocycles. The van der Waals surface area contributed by atoms with Crippen molar-refractivity contribution in [2.45, 2.75) is 6.54 Å². The standard InChI is InChI=1S/C21H26N4O2/c1-26-19-5-7-20(8-6-19)27-15-14-23-10-12-24(13-11-23)16-18-17-25-9-3-2-4-21(25)22-18/h2-9,17H,10-16H2,1H3. The number of ether oxygens (including phenoxy) is 2. The molecule has 0 unspecified atom stereocenters. The minimum atomic E-state index is 0.707. The van der Waals surface area contributed by atoms with Gasteiger partial charge in [-0.15, -0.1) is 0 Å². The number of aromatic nitrogens is 2. The van der Waals surface area contributed by atoms with Gasteiger partial charge in [-0.25, -0.2) is 4.98 Å². The fourth-order valence-corrected chi connectivity index (χ4v) is 3.43. The lowest BCUT2D eigenvalue weighted by molar-refractivity contribution is 0.112. The molecule has 0 N–H and O–H groups in total. The van der Waals surface area contributed by atoms with Crippen LogP contribution in [-0.4, -0.2) is 65.6 Å². The van der Waals surface area contributed by atoms with Crippen molar-refractivity contribution in [3.63, 3.8) is 0 Å². The highest BCUT2D eigenvalue weighted by atomic mass is 16.5. The molecular formula is C21H26N4O2. The van der Waals surface area contributed by atoms with Crippen LogP contribution in [0.15, 0.2) is 54.9 Å². The number of fused-ring (bicyclic) bond motifs is 1. The van der Waals surface area contributed by atoms with Gasteiger partial charge in [-0.2, -0.15) is 0 Å². The summed E-state index contributed by atoms with van der Waals surface area (Å²) in [6, 6.07) is 13.9. The molecule has 1 aliphatic heterocycles. The summed E-state index contributed by atoms with van der Waals surface area (Å²) in [5.74, 6) is 1.74. The first-order valence-corrected chi connectivity index (χ1v) is 9.44. The maximum absolute atomic E-state index is 5.84. The van der Waals surface area contributed by atoms with Crippen molar-refractivity contribution in [2.75, 3.05) is 46.4 Å². The quantitative estimate of drug-likeness (QED) is 0.643. The minimum Gasteiger partial charge on any atom is -0.497 e. The summed E-state index contributed by atoms with van der Waals surface area (Å²) in [6.45, 7) is 6.84. The lowest BCUT2D eigenvalue weighted by atomic mass is 10.3. The molecule has 0 atom stereocenters. The number of pyridine rings is 1. The van der Waals surface area contributed by atoms with E-state index in [1.54, 1.807) is 7.11 Å². The first-order chi connectivity index (χ1) is 13.3. The van der Waals surface area contributed by atoms with E-state index >= 15 is 0 Å². The van der Waals surface area contributed by atoms with Crippen molar-refractivity contribution in [1.29, 1.82) is 0 Å². The lowest BCUT2D eigenvalue weighted by Crippen LogP contribution is -2.47. The first-order valence-electron chi connectivity index (χ1n) is 9.44. The zero-order chi connectivity index (χ0) is 18.5. The Labute approximate surface area is 159 Å². The molecule has 1 saturated heterocycles. The van der Waals surface area contributed by atoms with E-state index in [0.717, 1.165) is 62.1 Å². The molecule has 2 aromatic heterocycles. The van der Waals surface area contributed by atoms with Crippen LogP contribution < -0.4 is 9.47 Å². The molecule has 0 radical (unpaired) electrons. The van der Waals surface area contributed by atoms with Gasteiger partial charge in [0.05, 0.1) is 12.8 Å². The molecule has 3 aromatic rings. The van der Waals surface area contributed by atoms with Crippen LogP contribution in [0.1, 0.15) is 5.69 Å². The van der Waals surface area contributed by atoms with Gasteiger partial charge in [0, 0.05) is 51.7 Å². The summed E-state index contributed by atoms with van der Waals surface area (Å²) < 4.78 is 13.1. The van der Waals surface area contributed by atoms with E-state index in [9.17, 15) is 0 Å². The molecule has 6 nitrogen and oxygen atoms in total. The Balaban J connectivity index is 1.19. The van der Waals surface area contributed by atoms with E-state index in [-0.39, 0.29) is 0 Å². The number of methoxy groups -OCH3 is 1. The van der Waals surface area contributed by atoms with Crippen LogP contribution in [0.2, 0.25) is 0 Å². The van der Waals surface area contributed by atoms with Crippen LogP contribution >= 0.6 is 0 Å². The molecule has 0 amide bonds. The molecule has 1 aliphatic rings. The highest BCUT2D eigenvalue weighted by molar-refractivity contribution is 5.39. The Morgan fingerprint density at radius 3 is 2.41 bits per heavy atom. The molecule has 0 spiro atoms. The maximum atomic E-state index is 5.84. The summed E-state index contributed by atoms with van der Waals surface area (Å²) in [4.78, 5) is 9.64. The van der Waals surface area contributed by atoms with Crippen LogP contribution in [0.4, 0.5) is 0 Å². The van der Waals surface area contributed by atoms with E-state index in [4.69, 9.17) is 14.5 Å². The number of piperazine rings is 1. The maximum Gasteiger partial charge on any atom is 0.137 e. The number of hydrogen-bond acceptors (Lipinski definition) is 5. The molecule has 0 saturated carbocycles. The average molecular weight is 366 g/mol. The van der Waals surface area contributed by atoms with Gasteiger partial charge in [-0.05, 0) is 36.4 Å². The monoisotopic (exact) mass is 366 g/mol. The molecule has 27 heavy (non-hydrogen) atoms. The largest absolute Gasteiger partial charge is 0.497 e. The van der Waals surface area contributed by atoms with Crippen LogP contribution in [0.3, 0.4) is 0 Å². The summed E-state index contributed by atoms with van der Waals surface area (Å²) in [5, 5.41) is 0. The second-order valence-electron chi connectivity index (χ2n) is 6.84. The molecule has 142 valence electrons. The van der Waals surface area contributed by atoms with Crippen LogP contribution in [-0.2, 0) is 6.54 Å². The van der Waals surface area contributed by atoms with E-state index in [1.165, 1.54) is 0 Å². The highest BCUT2D eigenvalue weighted by Crippen LogP contribution is 2.17. The first kappa shape index (κ1) is 17.8. The smallest absolute Gasteiger partial charge is 0.137 e. The van der Waals surface area contributed by atoms with E-state index in [1.807, 2.05) is 48.7 Å². The van der Waals surface area contributed by atoms with Gasteiger partial charge < -0.3 is 13.9 Å². The van der Waals surface area contributed by atoms with Crippen LogP contribution in [0.5, 0.6) is 11.5 Å². The molecule has 6 heteroatoms. The van der Waals surface area contributed by atoms with Crippen molar-refractivity contribution in [2.24, 2.45) is 0 Å². The Hall–Kier alpha value is -2.57. The van der Waals surface area contributed by atoms with E-state index in [2.05, 4.69) is 20.4 Å². The highest BCUT2D eigenvalue weighted by Gasteiger charge is 2.17. The fourth-order valence-electron chi connectivity index (χ4n) is 3.43. The molecule has 4 rings (SSSR count). The second-order valence-corrected chi connectivity index (χ2v) is 6.84. The van der Waals surface area contributed by atoms with E-state index in [0.29, 0.717) is 6.61 Å². The van der Waals surface area contributed by atoms with Gasteiger partial charge in [-0.1, -0.05) is 6.07 Å². The zero-order valence-electron chi connectivity index (χ0n) is 15.8. The molecule has 1 aromatic carbocycles. The summed E-state index contributed by atoms with van der Waals surface area (Å²) in [7, 11) is 1.67. The zero-order valence-corrected chi connectivity index (χ0v) is 15.8. The molecule has 1 fully saturated rings. The van der Waals surface area contributed by atoms with Crippen molar-refractivity contribution in [3.05, 3.63) is 60.6 Å². The normalized spacial score (nSPS) is 15.9. The van der Waals surface area contributed by atoms with Gasteiger partial charge >= 0.3 is 0 Å². The molecule has 3 heterocycles. The van der Waals surface area contributed by atoms with E-state index < -0.39 is 0 Å². The third-order valence-electron chi connectivity index (χ3n) is 5.00. The predicted molar refractivity (Wildman–Crippen MR) is 105 cm³/mol. The fraction of sp³-hybridized carbons (Fsp3) is 0.381. The number of rotatable bonds is 7. The summed E-state index contributed by atoms with van der Waals surface area (Å²) >= 11 is 0. The van der Waals surface area contributed by atoms with Crippen molar-refractivity contribution in [3.8, 4) is 11.5 Å². The van der Waals surface area contributed by atoms with Crippen molar-refractivity contribution >= 4 is 5.65 Å². The molecule has 0 bridgehead atoms. The second kappa shape index (κ2) is 8.41. The van der Waals surface area contributed by atoms with Crippen LogP contribution in [0, 0.1) is 0 Å². The van der Waals surface area contributed by atoms with Crippen molar-refractivity contribution in [1.82, 2.24) is 19.2 Å². The van der Waals surface area contributed by atoms with Gasteiger partial charge in [0.25, 0.3) is 0 Å². The third-order valence-corrected chi connectivity index (χ3v) is 5.00. The number of benzene rings is 1. The van der Waals surface area contributed by atoms with Crippen molar-refractivity contribution < 1.29 is 9.47 Å². The summed E-state index contributed by atoms with van der Waals surface area (Å²) in [6.07, 6.45) is 4.18. The lowest BCUT2D eigenvalue weighted by Gasteiger charge is -2.34. The average Bonchev–Trinajstić information content (AvgIpc) is 3.12. The topological polar surface area (TPSA) is 42.2 Å². The Morgan fingerprint density at radius 2 is 1.67 bits per heavy atom. The van der Waals surface area contributed by atoms with Gasteiger partial charge in [-0.3, -0.25) is 9.80 Å². The number of imidazole rings is 1. The Kier molecular flexibility index (Phi) is 5.55. The minimum absolute atomic E-state index is 0.707. The predicted octanol–water partition coefficient (Wildman–Crippen LogP) is 2.54. The van der Waals surface area contributed by atoms with Gasteiger partial charge in [0.15, 0.2) is 0 Å². The number of hydrogen-bond donors (Lipinski definition) is 0. The Bertz CT molecular complexity index is 821. The SMILES string of the molecule is COc1ccc(OCCN2CCN(Cc3cn4ccccc4n3)CC2)cc1. The van der Waals surface area contributed by atoms with Crippen LogP contribution in [0.25, 0.3) is 5.65 Å². The number of nitrogens with zero attached hydrogens (tertiary/aromatic N) is 4.